The zero-order chi connectivity index (χ0) is 17.5. The molecule has 0 saturated carbocycles. The highest BCUT2D eigenvalue weighted by Gasteiger charge is 2.13. The van der Waals surface area contributed by atoms with E-state index in [9.17, 15) is 0 Å². The molecule has 2 heteroatoms. The smallest absolute Gasteiger partial charge is 0.0547 e. The van der Waals surface area contributed by atoms with E-state index in [1.165, 1.54) is 42.2 Å². The minimum atomic E-state index is 1.20. The van der Waals surface area contributed by atoms with Crippen molar-refractivity contribution in [2.45, 2.75) is 0 Å². The molecular formula is C24H16IN. The van der Waals surface area contributed by atoms with Gasteiger partial charge in [-0.1, -0.05) is 66.7 Å². The molecule has 0 unspecified atom stereocenters. The highest BCUT2D eigenvalue weighted by atomic mass is 127. The molecule has 0 N–H and O–H groups in total. The maximum Gasteiger partial charge on any atom is 0.0547 e. The molecule has 1 heterocycles. The summed E-state index contributed by atoms with van der Waals surface area (Å²) in [5.74, 6) is 0. The van der Waals surface area contributed by atoms with Crippen molar-refractivity contribution in [1.29, 1.82) is 0 Å². The average molecular weight is 445 g/mol. The van der Waals surface area contributed by atoms with Gasteiger partial charge in [0.1, 0.15) is 0 Å². The molecule has 0 aliphatic heterocycles. The first-order chi connectivity index (χ1) is 12.8. The van der Waals surface area contributed by atoms with Crippen molar-refractivity contribution in [1.82, 2.24) is 4.57 Å². The van der Waals surface area contributed by atoms with Crippen molar-refractivity contribution < 1.29 is 0 Å². The zero-order valence-corrected chi connectivity index (χ0v) is 16.2. The molecule has 5 rings (SSSR count). The van der Waals surface area contributed by atoms with Gasteiger partial charge < -0.3 is 4.57 Å². The zero-order valence-electron chi connectivity index (χ0n) is 14.1. The third-order valence-electron chi connectivity index (χ3n) is 4.85. The van der Waals surface area contributed by atoms with Crippen LogP contribution in [0, 0.1) is 3.57 Å². The van der Waals surface area contributed by atoms with E-state index >= 15 is 0 Å². The van der Waals surface area contributed by atoms with E-state index in [0.717, 1.165) is 0 Å². The van der Waals surface area contributed by atoms with Crippen LogP contribution in [0.5, 0.6) is 0 Å². The molecule has 1 aromatic heterocycles. The van der Waals surface area contributed by atoms with Crippen LogP contribution >= 0.6 is 22.6 Å². The normalized spacial score (nSPS) is 11.3. The summed E-state index contributed by atoms with van der Waals surface area (Å²) in [6.45, 7) is 0. The van der Waals surface area contributed by atoms with Crippen LogP contribution < -0.4 is 0 Å². The number of halogens is 1. The molecule has 0 fully saturated rings. The standard InChI is InChI=1S/C24H16IN/c25-19-9-6-10-20(16-19)26-23-12-5-4-11-21(23)22-14-13-18(15-24(22)26)17-7-2-1-3-8-17/h1-16H. The maximum absolute atomic E-state index is 2.38. The molecule has 1 nitrogen and oxygen atoms in total. The van der Waals surface area contributed by atoms with Crippen molar-refractivity contribution >= 4 is 44.4 Å². The molecule has 0 spiro atoms. The Hall–Kier alpha value is -2.59. The summed E-state index contributed by atoms with van der Waals surface area (Å²) < 4.78 is 3.62. The fourth-order valence-corrected chi connectivity index (χ4v) is 4.20. The Labute approximate surface area is 166 Å². The largest absolute Gasteiger partial charge is 0.309 e. The number of aromatic nitrogens is 1. The van der Waals surface area contributed by atoms with Crippen molar-refractivity contribution in [2.24, 2.45) is 0 Å². The molecule has 0 aliphatic rings. The van der Waals surface area contributed by atoms with Crippen molar-refractivity contribution in [3.8, 4) is 16.8 Å². The van der Waals surface area contributed by atoms with Crippen LogP contribution in [0.2, 0.25) is 0 Å². The number of para-hydroxylation sites is 1. The summed E-state index contributed by atoms with van der Waals surface area (Å²) in [4.78, 5) is 0. The van der Waals surface area contributed by atoms with Gasteiger partial charge in [0.25, 0.3) is 0 Å². The Bertz CT molecular complexity index is 1240. The second-order valence-electron chi connectivity index (χ2n) is 6.43. The van der Waals surface area contributed by atoms with Gasteiger partial charge in [-0.2, -0.15) is 0 Å². The summed E-state index contributed by atoms with van der Waals surface area (Å²) in [5.41, 5.74) is 6.18. The molecule has 0 saturated heterocycles. The first-order valence-electron chi connectivity index (χ1n) is 8.66. The first-order valence-corrected chi connectivity index (χ1v) is 9.74. The number of nitrogens with zero attached hydrogens (tertiary/aromatic N) is 1. The molecule has 124 valence electrons. The highest BCUT2D eigenvalue weighted by Crippen LogP contribution is 2.34. The molecule has 5 aromatic rings. The molecule has 0 amide bonds. The van der Waals surface area contributed by atoms with Crippen LogP contribution in [0.15, 0.2) is 97.1 Å². The van der Waals surface area contributed by atoms with Gasteiger partial charge in [-0.15, -0.1) is 0 Å². The Kier molecular flexibility index (Phi) is 3.79. The molecule has 0 atom stereocenters. The fourth-order valence-electron chi connectivity index (χ4n) is 3.67. The Morgan fingerprint density at radius 2 is 1.31 bits per heavy atom. The van der Waals surface area contributed by atoms with Gasteiger partial charge in [-0.25, -0.2) is 0 Å². The molecule has 26 heavy (non-hydrogen) atoms. The molecular weight excluding hydrogens is 429 g/mol. The van der Waals surface area contributed by atoms with Crippen molar-refractivity contribution in [3.05, 3.63) is 101 Å². The lowest BCUT2D eigenvalue weighted by Gasteiger charge is -2.09. The van der Waals surface area contributed by atoms with Gasteiger partial charge in [-0.3, -0.25) is 0 Å². The van der Waals surface area contributed by atoms with Crippen LogP contribution in [0.1, 0.15) is 0 Å². The van der Waals surface area contributed by atoms with Gasteiger partial charge >= 0.3 is 0 Å². The number of benzene rings is 4. The molecule has 0 radical (unpaired) electrons. The highest BCUT2D eigenvalue weighted by molar-refractivity contribution is 14.1. The van der Waals surface area contributed by atoms with E-state index in [0.29, 0.717) is 0 Å². The van der Waals surface area contributed by atoms with Gasteiger partial charge in [0.15, 0.2) is 0 Å². The lowest BCUT2D eigenvalue weighted by atomic mass is 10.0. The third-order valence-corrected chi connectivity index (χ3v) is 5.52. The summed E-state index contributed by atoms with van der Waals surface area (Å²) >= 11 is 2.38. The second kappa shape index (κ2) is 6.29. The quantitative estimate of drug-likeness (QED) is 0.257. The monoisotopic (exact) mass is 445 g/mol. The van der Waals surface area contributed by atoms with Crippen LogP contribution in [0.3, 0.4) is 0 Å². The fraction of sp³-hybridized carbons (Fsp3) is 0. The van der Waals surface area contributed by atoms with Crippen molar-refractivity contribution in [3.63, 3.8) is 0 Å². The lowest BCUT2D eigenvalue weighted by molar-refractivity contribution is 1.18. The van der Waals surface area contributed by atoms with Crippen LogP contribution in [0.4, 0.5) is 0 Å². The SMILES string of the molecule is Ic1cccc(-n2c3ccccc3c3ccc(-c4ccccc4)cc32)c1. The van der Waals surface area contributed by atoms with Gasteiger partial charge in [0, 0.05) is 20.0 Å². The second-order valence-corrected chi connectivity index (χ2v) is 7.68. The van der Waals surface area contributed by atoms with Gasteiger partial charge in [0.05, 0.1) is 11.0 Å². The van der Waals surface area contributed by atoms with E-state index < -0.39 is 0 Å². The Morgan fingerprint density at radius 1 is 0.538 bits per heavy atom. The summed E-state index contributed by atoms with van der Waals surface area (Å²) in [5, 5.41) is 2.58. The number of hydrogen-bond acceptors (Lipinski definition) is 0. The predicted octanol–water partition coefficient (Wildman–Crippen LogP) is 7.06. The minimum absolute atomic E-state index is 1.20. The first kappa shape index (κ1) is 15.6. The van der Waals surface area contributed by atoms with Gasteiger partial charge in [-0.05, 0) is 64.0 Å². The molecule has 0 aliphatic carbocycles. The van der Waals surface area contributed by atoms with Crippen LogP contribution in [0.25, 0.3) is 38.6 Å². The van der Waals surface area contributed by atoms with E-state index in [1.807, 2.05) is 0 Å². The van der Waals surface area contributed by atoms with E-state index in [-0.39, 0.29) is 0 Å². The Balaban J connectivity index is 1.88. The summed E-state index contributed by atoms with van der Waals surface area (Å²) in [6, 6.07) is 34.7. The Morgan fingerprint density at radius 3 is 2.15 bits per heavy atom. The lowest BCUT2D eigenvalue weighted by Crippen LogP contribution is -1.94. The number of hydrogen-bond donors (Lipinski definition) is 0. The summed E-state index contributed by atoms with van der Waals surface area (Å²) in [6.07, 6.45) is 0. The van der Waals surface area contributed by atoms with E-state index in [4.69, 9.17) is 0 Å². The number of fused-ring (bicyclic) bond motifs is 3. The van der Waals surface area contributed by atoms with Crippen LogP contribution in [-0.4, -0.2) is 4.57 Å². The molecule has 4 aromatic carbocycles. The third kappa shape index (κ3) is 2.53. The average Bonchev–Trinajstić information content (AvgIpc) is 3.02. The van der Waals surface area contributed by atoms with E-state index in [2.05, 4.69) is 124 Å². The minimum Gasteiger partial charge on any atom is -0.309 e. The van der Waals surface area contributed by atoms with Crippen molar-refractivity contribution in [2.75, 3.05) is 0 Å². The topological polar surface area (TPSA) is 4.93 Å². The predicted molar refractivity (Wildman–Crippen MR) is 119 cm³/mol. The van der Waals surface area contributed by atoms with Crippen LogP contribution in [-0.2, 0) is 0 Å². The summed E-state index contributed by atoms with van der Waals surface area (Å²) in [7, 11) is 0. The maximum atomic E-state index is 2.38. The van der Waals surface area contributed by atoms with E-state index in [1.54, 1.807) is 0 Å². The number of rotatable bonds is 2. The van der Waals surface area contributed by atoms with Gasteiger partial charge in [0.2, 0.25) is 0 Å². The molecule has 0 bridgehead atoms.